The molecule has 0 fully saturated rings. The number of hydrogen-bond acceptors (Lipinski definition) is 5. The Hall–Kier alpha value is -1.30. The van der Waals surface area contributed by atoms with Gasteiger partial charge in [-0.2, -0.15) is 0 Å². The van der Waals surface area contributed by atoms with Gasteiger partial charge in [-0.3, -0.25) is 14.4 Å². The van der Waals surface area contributed by atoms with Crippen molar-refractivity contribution in [3.63, 3.8) is 0 Å². The number of esters is 2. The lowest BCUT2D eigenvalue weighted by Gasteiger charge is -2.18. The smallest absolute Gasteiger partial charge is 0.310 e. The van der Waals surface area contributed by atoms with E-state index in [4.69, 9.17) is 0 Å². The minimum absolute atomic E-state index is 0.0747. The summed E-state index contributed by atoms with van der Waals surface area (Å²) < 4.78 is 9.27. The van der Waals surface area contributed by atoms with Crippen LogP contribution in [0, 0.1) is 0 Å². The van der Waals surface area contributed by atoms with Crippen LogP contribution >= 0.6 is 0 Å². The van der Waals surface area contributed by atoms with Gasteiger partial charge in [0.2, 0.25) is 5.78 Å². The second kappa shape index (κ2) is 8.79. The van der Waals surface area contributed by atoms with Crippen molar-refractivity contribution in [2.75, 3.05) is 25.7 Å². The van der Waals surface area contributed by atoms with Crippen molar-refractivity contribution in [1.82, 2.24) is 0 Å². The number of hydrogen-bond donors (Lipinski definition) is 0. The van der Waals surface area contributed by atoms with Crippen molar-refractivity contribution in [2.24, 2.45) is 0 Å². The van der Waals surface area contributed by atoms with Crippen molar-refractivity contribution in [3.8, 4) is 0 Å². The molecule has 0 bridgehead atoms. The fraction of sp³-hybridized carbons (Fsp3) is 0.643. The highest BCUT2D eigenvalue weighted by molar-refractivity contribution is 7.98. The average Bonchev–Trinajstić information content (AvgIpc) is 2.47. The molecule has 5 nitrogen and oxygen atoms in total. The highest BCUT2D eigenvalue weighted by Gasteiger charge is 2.36. The van der Waals surface area contributed by atoms with Crippen LogP contribution in [0.3, 0.4) is 0 Å². The molecule has 0 saturated carbocycles. The molecule has 0 heterocycles. The predicted molar refractivity (Wildman–Crippen MR) is 77.5 cm³/mol. The van der Waals surface area contributed by atoms with Crippen LogP contribution in [0.2, 0.25) is 0 Å². The summed E-state index contributed by atoms with van der Waals surface area (Å²) in [5, 5.41) is -0.0747. The Morgan fingerprint density at radius 1 is 1.20 bits per heavy atom. The molecule has 0 amide bonds. The highest BCUT2D eigenvalue weighted by atomic mass is 32.2. The molecule has 1 atom stereocenters. The molecule has 0 aliphatic heterocycles. The molecule has 6 heteroatoms. The Balaban J connectivity index is 2.62. The van der Waals surface area contributed by atoms with E-state index < -0.39 is 0 Å². The topological polar surface area (TPSA) is 69.7 Å². The lowest BCUT2D eigenvalue weighted by Crippen LogP contribution is -2.36. The predicted octanol–water partition coefficient (Wildman–Crippen LogP) is 1.02. The molecule has 0 aromatic heterocycles. The maximum atomic E-state index is 12.0. The minimum Gasteiger partial charge on any atom is -0.469 e. The van der Waals surface area contributed by atoms with Crippen LogP contribution in [0.1, 0.15) is 25.7 Å². The Kier molecular flexibility index (Phi) is 7.36. The van der Waals surface area contributed by atoms with E-state index >= 15 is 0 Å². The van der Waals surface area contributed by atoms with Crippen LogP contribution in [-0.2, 0) is 34.8 Å². The van der Waals surface area contributed by atoms with Crippen molar-refractivity contribution in [1.29, 1.82) is 0 Å². The third-order valence-electron chi connectivity index (χ3n) is 3.19. The number of ketones is 1. The fourth-order valence-electron chi connectivity index (χ4n) is 2.05. The maximum absolute atomic E-state index is 12.0. The monoisotopic (exact) mass is 301 g/mol. The molecule has 0 aromatic rings. The van der Waals surface area contributed by atoms with Crippen LogP contribution in [0.25, 0.3) is 0 Å². The van der Waals surface area contributed by atoms with E-state index in [1.54, 1.807) is 6.08 Å². The number of allylic oxidation sites excluding steroid dienone is 2. The molecule has 0 radical (unpaired) electrons. The van der Waals surface area contributed by atoms with Crippen molar-refractivity contribution >= 4 is 28.6 Å². The zero-order valence-corrected chi connectivity index (χ0v) is 12.7. The van der Waals surface area contributed by atoms with Crippen molar-refractivity contribution in [2.45, 2.75) is 30.9 Å². The molecule has 0 saturated heterocycles. The van der Waals surface area contributed by atoms with Gasteiger partial charge in [-0.15, -0.1) is 0 Å². The molecule has 0 aromatic carbocycles. The van der Waals surface area contributed by atoms with Gasteiger partial charge in [0.1, 0.15) is 11.5 Å². The molecule has 0 N–H and O–H groups in total. The lowest BCUT2D eigenvalue weighted by molar-refractivity contribution is -0.140. The molecule has 1 aliphatic rings. The van der Waals surface area contributed by atoms with E-state index in [0.717, 1.165) is 12.8 Å². The third kappa shape index (κ3) is 5.36. The molecule has 1 rings (SSSR count). The van der Waals surface area contributed by atoms with Gasteiger partial charge in [-0.05, 0) is 23.4 Å². The summed E-state index contributed by atoms with van der Waals surface area (Å²) in [6.45, 7) is 0. The summed E-state index contributed by atoms with van der Waals surface area (Å²) in [5.74, 6) is 0.731. The molecule has 1 aliphatic carbocycles. The first-order chi connectivity index (χ1) is 9.58. The summed E-state index contributed by atoms with van der Waals surface area (Å²) in [6.07, 6.45) is 5.73. The molecule has 1 unspecified atom stereocenters. The first kappa shape index (κ1) is 16.8. The van der Waals surface area contributed by atoms with Crippen molar-refractivity contribution < 1.29 is 23.9 Å². The van der Waals surface area contributed by atoms with E-state index in [1.807, 2.05) is 6.08 Å². The molecule has 20 heavy (non-hydrogen) atoms. The maximum Gasteiger partial charge on any atom is 0.310 e. The summed E-state index contributed by atoms with van der Waals surface area (Å²) in [4.78, 5) is 34.5. The Bertz CT molecular complexity index is 371. The zero-order chi connectivity index (χ0) is 15.0. The van der Waals surface area contributed by atoms with E-state index in [1.165, 1.54) is 14.2 Å². The van der Waals surface area contributed by atoms with Crippen LogP contribution in [0.15, 0.2) is 12.2 Å². The first-order valence-corrected chi connectivity index (χ1v) is 8.21. The van der Waals surface area contributed by atoms with Crippen LogP contribution in [0.4, 0.5) is 0 Å². The van der Waals surface area contributed by atoms with Crippen LogP contribution in [0.5, 0.6) is 0 Å². The molecular formula is C14H21O5S+. The minimum atomic E-state index is -0.288. The standard InChI is InChI=1S/C14H21O5S/c1-18-13(16)7-9-20(10-8-14(17)19-2)12-6-4-3-5-11(12)15/h3,5,12H,4,6-10H2,1-2H3/q+1. The van der Waals surface area contributed by atoms with Gasteiger partial charge in [0.25, 0.3) is 0 Å². The SMILES string of the molecule is COC(=O)CC[S+](CCC(=O)OC)C1CCC=CC1=O. The number of carbonyl (C=O) groups is 3. The van der Waals surface area contributed by atoms with Crippen molar-refractivity contribution in [3.05, 3.63) is 12.2 Å². The Morgan fingerprint density at radius 3 is 2.20 bits per heavy atom. The van der Waals surface area contributed by atoms with Gasteiger partial charge in [-0.1, -0.05) is 6.08 Å². The largest absolute Gasteiger partial charge is 0.469 e. The van der Waals surface area contributed by atoms with Gasteiger partial charge in [-0.25, -0.2) is 0 Å². The summed E-state index contributed by atoms with van der Waals surface area (Å²) in [5.41, 5.74) is 0. The van der Waals surface area contributed by atoms with E-state index in [2.05, 4.69) is 9.47 Å². The number of rotatable bonds is 7. The molecule has 0 spiro atoms. The summed E-state index contributed by atoms with van der Waals surface area (Å²) >= 11 is 0. The van der Waals surface area contributed by atoms with Gasteiger partial charge >= 0.3 is 11.9 Å². The van der Waals surface area contributed by atoms with Gasteiger partial charge in [0, 0.05) is 6.42 Å². The molecular weight excluding hydrogens is 280 g/mol. The van der Waals surface area contributed by atoms with E-state index in [-0.39, 0.29) is 46.7 Å². The quantitative estimate of drug-likeness (QED) is 0.519. The first-order valence-electron chi connectivity index (χ1n) is 6.58. The van der Waals surface area contributed by atoms with Gasteiger partial charge < -0.3 is 9.47 Å². The van der Waals surface area contributed by atoms with Crippen LogP contribution in [-0.4, -0.2) is 48.7 Å². The molecule has 112 valence electrons. The zero-order valence-electron chi connectivity index (χ0n) is 11.9. The van der Waals surface area contributed by atoms with Crippen LogP contribution < -0.4 is 0 Å². The van der Waals surface area contributed by atoms with Gasteiger partial charge in [0.05, 0.1) is 27.1 Å². The number of carbonyl (C=O) groups excluding carboxylic acids is 3. The lowest BCUT2D eigenvalue weighted by atomic mass is 10.1. The van der Waals surface area contributed by atoms with E-state index in [0.29, 0.717) is 11.5 Å². The fourth-order valence-corrected chi connectivity index (χ4v) is 4.55. The average molecular weight is 301 g/mol. The number of ether oxygens (including phenoxy) is 2. The second-order valence-corrected chi connectivity index (χ2v) is 6.93. The second-order valence-electron chi connectivity index (χ2n) is 4.47. The summed E-state index contributed by atoms with van der Waals surface area (Å²) in [6, 6.07) is 0. The third-order valence-corrected chi connectivity index (χ3v) is 5.92. The number of methoxy groups -OCH3 is 2. The Morgan fingerprint density at radius 2 is 1.75 bits per heavy atom. The van der Waals surface area contributed by atoms with E-state index in [9.17, 15) is 14.4 Å². The Labute approximate surface area is 122 Å². The highest BCUT2D eigenvalue weighted by Crippen LogP contribution is 2.21. The van der Waals surface area contributed by atoms with Gasteiger partial charge in [0.15, 0.2) is 5.25 Å². The normalized spacial score (nSPS) is 18.1. The summed E-state index contributed by atoms with van der Waals surface area (Å²) in [7, 11) is 2.41.